The average molecular weight is 242 g/mol. The van der Waals surface area contributed by atoms with Crippen molar-refractivity contribution >= 4 is 5.91 Å². The third-order valence-electron chi connectivity index (χ3n) is 3.33. The van der Waals surface area contributed by atoms with Gasteiger partial charge in [-0.05, 0) is 25.2 Å². The molecule has 0 aromatic carbocycles. The smallest absolute Gasteiger partial charge is 0.240 e. The van der Waals surface area contributed by atoms with Crippen molar-refractivity contribution in [2.45, 2.75) is 51.5 Å². The van der Waals surface area contributed by atoms with Gasteiger partial charge in [-0.1, -0.05) is 26.7 Å². The average Bonchev–Trinajstić information content (AvgIpc) is 2.29. The summed E-state index contributed by atoms with van der Waals surface area (Å²) in [4.78, 5) is 11.9. The van der Waals surface area contributed by atoms with Gasteiger partial charge in [0.1, 0.15) is 0 Å². The zero-order valence-corrected chi connectivity index (χ0v) is 11.1. The lowest BCUT2D eigenvalue weighted by molar-refractivity contribution is -0.129. The molecule has 0 unspecified atom stereocenters. The SMILES string of the molecule is CC(C)CCCCNC(=O)C1(N)CCOCC1. The lowest BCUT2D eigenvalue weighted by Gasteiger charge is -2.31. The normalized spacial score (nSPS) is 19.3. The summed E-state index contributed by atoms with van der Waals surface area (Å²) in [6.45, 7) is 6.37. The van der Waals surface area contributed by atoms with E-state index in [0.717, 1.165) is 18.9 Å². The summed E-state index contributed by atoms with van der Waals surface area (Å²) in [6, 6.07) is 0. The molecule has 4 heteroatoms. The van der Waals surface area contributed by atoms with E-state index in [1.165, 1.54) is 12.8 Å². The molecule has 0 aromatic heterocycles. The lowest BCUT2D eigenvalue weighted by atomic mass is 9.90. The third-order valence-corrected chi connectivity index (χ3v) is 3.33. The maximum atomic E-state index is 11.9. The highest BCUT2D eigenvalue weighted by atomic mass is 16.5. The molecule has 17 heavy (non-hydrogen) atoms. The topological polar surface area (TPSA) is 64.4 Å². The minimum Gasteiger partial charge on any atom is -0.381 e. The number of nitrogens with two attached hydrogens (primary N) is 1. The summed E-state index contributed by atoms with van der Waals surface area (Å²) in [7, 11) is 0. The van der Waals surface area contributed by atoms with Crippen LogP contribution in [0.3, 0.4) is 0 Å². The Morgan fingerprint density at radius 2 is 2.00 bits per heavy atom. The molecule has 1 saturated heterocycles. The molecule has 100 valence electrons. The number of carbonyl (C=O) groups is 1. The molecule has 1 aliphatic rings. The van der Waals surface area contributed by atoms with E-state index in [9.17, 15) is 4.79 Å². The van der Waals surface area contributed by atoms with E-state index in [0.29, 0.717) is 26.1 Å². The molecule has 1 rings (SSSR count). The number of amides is 1. The predicted molar refractivity (Wildman–Crippen MR) is 68.7 cm³/mol. The van der Waals surface area contributed by atoms with Crippen molar-refractivity contribution in [3.8, 4) is 0 Å². The zero-order valence-electron chi connectivity index (χ0n) is 11.1. The van der Waals surface area contributed by atoms with Gasteiger partial charge in [0.05, 0.1) is 5.54 Å². The fraction of sp³-hybridized carbons (Fsp3) is 0.923. The van der Waals surface area contributed by atoms with Crippen molar-refractivity contribution in [3.05, 3.63) is 0 Å². The van der Waals surface area contributed by atoms with E-state index < -0.39 is 5.54 Å². The highest BCUT2D eigenvalue weighted by molar-refractivity contribution is 5.86. The Kier molecular flexibility index (Phi) is 5.92. The van der Waals surface area contributed by atoms with Crippen LogP contribution in [0.15, 0.2) is 0 Å². The molecule has 0 bridgehead atoms. The Morgan fingerprint density at radius 3 is 2.59 bits per heavy atom. The monoisotopic (exact) mass is 242 g/mol. The quantitative estimate of drug-likeness (QED) is 0.693. The first-order valence-corrected chi connectivity index (χ1v) is 6.69. The van der Waals surface area contributed by atoms with Crippen molar-refractivity contribution in [1.29, 1.82) is 0 Å². The van der Waals surface area contributed by atoms with Crippen LogP contribution in [0.2, 0.25) is 0 Å². The fourth-order valence-corrected chi connectivity index (χ4v) is 2.02. The number of carbonyl (C=O) groups excluding carboxylic acids is 1. The van der Waals surface area contributed by atoms with Gasteiger partial charge in [-0.15, -0.1) is 0 Å². The van der Waals surface area contributed by atoms with Gasteiger partial charge < -0.3 is 15.8 Å². The van der Waals surface area contributed by atoms with Crippen LogP contribution in [0.1, 0.15) is 46.0 Å². The molecule has 1 heterocycles. The molecule has 0 saturated carbocycles. The Hall–Kier alpha value is -0.610. The maximum absolute atomic E-state index is 11.9. The largest absolute Gasteiger partial charge is 0.381 e. The van der Waals surface area contributed by atoms with Crippen LogP contribution in [-0.4, -0.2) is 31.2 Å². The Labute approximate surface area is 104 Å². The predicted octanol–water partition coefficient (Wildman–Crippen LogP) is 1.44. The van der Waals surface area contributed by atoms with E-state index in [4.69, 9.17) is 10.5 Å². The number of unbranched alkanes of at least 4 members (excludes halogenated alkanes) is 1. The molecule has 0 spiro atoms. The molecular formula is C13H26N2O2. The standard InChI is InChI=1S/C13H26N2O2/c1-11(2)5-3-4-8-15-12(16)13(14)6-9-17-10-7-13/h11H,3-10,14H2,1-2H3,(H,15,16). The number of nitrogens with one attached hydrogen (secondary N) is 1. The zero-order chi connectivity index (χ0) is 12.7. The van der Waals surface area contributed by atoms with Crippen LogP contribution < -0.4 is 11.1 Å². The van der Waals surface area contributed by atoms with E-state index in [1.807, 2.05) is 0 Å². The van der Waals surface area contributed by atoms with Gasteiger partial charge in [0.25, 0.3) is 0 Å². The first-order chi connectivity index (χ1) is 8.04. The van der Waals surface area contributed by atoms with Gasteiger partial charge in [0.15, 0.2) is 0 Å². The Morgan fingerprint density at radius 1 is 1.35 bits per heavy atom. The first kappa shape index (κ1) is 14.5. The van der Waals surface area contributed by atoms with Gasteiger partial charge in [0.2, 0.25) is 5.91 Å². The van der Waals surface area contributed by atoms with Crippen LogP contribution >= 0.6 is 0 Å². The molecule has 1 fully saturated rings. The van der Waals surface area contributed by atoms with Crippen molar-refractivity contribution < 1.29 is 9.53 Å². The van der Waals surface area contributed by atoms with Crippen molar-refractivity contribution in [2.75, 3.05) is 19.8 Å². The molecule has 1 aliphatic heterocycles. The molecule has 0 aromatic rings. The summed E-state index contributed by atoms with van der Waals surface area (Å²) in [5.41, 5.74) is 5.38. The first-order valence-electron chi connectivity index (χ1n) is 6.69. The molecule has 1 amide bonds. The number of hydrogen-bond donors (Lipinski definition) is 2. The lowest BCUT2D eigenvalue weighted by Crippen LogP contribution is -2.57. The summed E-state index contributed by atoms with van der Waals surface area (Å²) in [6.07, 6.45) is 4.68. The van der Waals surface area contributed by atoms with E-state index in [1.54, 1.807) is 0 Å². The summed E-state index contributed by atoms with van der Waals surface area (Å²) < 4.78 is 5.22. The van der Waals surface area contributed by atoms with Crippen LogP contribution in [0, 0.1) is 5.92 Å². The summed E-state index contributed by atoms with van der Waals surface area (Å²) >= 11 is 0. The third kappa shape index (κ3) is 5.04. The minimum absolute atomic E-state index is 0.00894. The minimum atomic E-state index is -0.698. The van der Waals surface area contributed by atoms with Gasteiger partial charge in [-0.3, -0.25) is 4.79 Å². The fourth-order valence-electron chi connectivity index (χ4n) is 2.02. The molecule has 0 radical (unpaired) electrons. The highest BCUT2D eigenvalue weighted by Gasteiger charge is 2.35. The number of hydrogen-bond acceptors (Lipinski definition) is 3. The van der Waals surface area contributed by atoms with E-state index in [-0.39, 0.29) is 5.91 Å². The van der Waals surface area contributed by atoms with Gasteiger partial charge >= 0.3 is 0 Å². The van der Waals surface area contributed by atoms with Crippen LogP contribution in [0.25, 0.3) is 0 Å². The number of rotatable bonds is 6. The Bertz CT molecular complexity index is 236. The molecule has 0 atom stereocenters. The van der Waals surface area contributed by atoms with Gasteiger partial charge in [0, 0.05) is 19.8 Å². The van der Waals surface area contributed by atoms with Crippen molar-refractivity contribution in [2.24, 2.45) is 11.7 Å². The molecular weight excluding hydrogens is 216 g/mol. The van der Waals surface area contributed by atoms with Crippen molar-refractivity contribution in [3.63, 3.8) is 0 Å². The van der Waals surface area contributed by atoms with E-state index in [2.05, 4.69) is 19.2 Å². The van der Waals surface area contributed by atoms with Gasteiger partial charge in [-0.2, -0.15) is 0 Å². The Balaban J connectivity index is 2.15. The van der Waals surface area contributed by atoms with Gasteiger partial charge in [-0.25, -0.2) is 0 Å². The second kappa shape index (κ2) is 6.97. The second-order valence-electron chi connectivity index (χ2n) is 5.41. The molecule has 0 aliphatic carbocycles. The van der Waals surface area contributed by atoms with Crippen LogP contribution in [0.4, 0.5) is 0 Å². The highest BCUT2D eigenvalue weighted by Crippen LogP contribution is 2.17. The summed E-state index contributed by atoms with van der Waals surface area (Å²) in [5.74, 6) is 0.729. The molecule has 3 N–H and O–H groups in total. The number of ether oxygens (including phenoxy) is 1. The maximum Gasteiger partial charge on any atom is 0.240 e. The molecule has 4 nitrogen and oxygen atoms in total. The van der Waals surface area contributed by atoms with Crippen LogP contribution in [-0.2, 0) is 9.53 Å². The second-order valence-corrected chi connectivity index (χ2v) is 5.41. The van der Waals surface area contributed by atoms with Crippen molar-refractivity contribution in [1.82, 2.24) is 5.32 Å². The summed E-state index contributed by atoms with van der Waals surface area (Å²) in [5, 5.41) is 2.95. The van der Waals surface area contributed by atoms with Crippen LogP contribution in [0.5, 0.6) is 0 Å². The van der Waals surface area contributed by atoms with E-state index >= 15 is 0 Å².